The molecule has 3 rings (SSSR count). The first kappa shape index (κ1) is 15.5. The molecule has 0 saturated heterocycles. The van der Waals surface area contributed by atoms with Crippen LogP contribution in [0.1, 0.15) is 47.3 Å². The predicted molar refractivity (Wildman–Crippen MR) is 90.3 cm³/mol. The van der Waals surface area contributed by atoms with Crippen LogP contribution in [0, 0.1) is 6.92 Å². The van der Waals surface area contributed by atoms with Gasteiger partial charge in [-0.3, -0.25) is 4.79 Å². The molecule has 0 aliphatic heterocycles. The Morgan fingerprint density at radius 3 is 2.70 bits per heavy atom. The highest BCUT2D eigenvalue weighted by atomic mass is 16.2. The fraction of sp³-hybridized carbons (Fsp3) is 0.389. The number of carbonyl (C=O) groups is 1. The van der Waals surface area contributed by atoms with Gasteiger partial charge in [-0.25, -0.2) is 0 Å². The Morgan fingerprint density at radius 1 is 1.17 bits per heavy atom. The summed E-state index contributed by atoms with van der Waals surface area (Å²) in [5.41, 5.74) is 2.79. The van der Waals surface area contributed by atoms with E-state index in [0.717, 1.165) is 12.8 Å². The molecule has 1 fully saturated rings. The first-order valence-electron chi connectivity index (χ1n) is 8.15. The summed E-state index contributed by atoms with van der Waals surface area (Å²) in [6.07, 6.45) is 4.52. The van der Waals surface area contributed by atoms with Crippen molar-refractivity contribution >= 4 is 11.7 Å². The van der Waals surface area contributed by atoms with Crippen LogP contribution in [0.5, 0.6) is 0 Å². The molecule has 0 spiro atoms. The van der Waals surface area contributed by atoms with E-state index in [4.69, 9.17) is 0 Å². The lowest BCUT2D eigenvalue weighted by molar-refractivity contribution is 0.0932. The number of benzene rings is 1. The van der Waals surface area contributed by atoms with Crippen LogP contribution in [0.25, 0.3) is 0 Å². The molecule has 1 saturated carbocycles. The smallest absolute Gasteiger partial charge is 0.272 e. The monoisotopic (exact) mass is 310 g/mol. The van der Waals surface area contributed by atoms with Crippen molar-refractivity contribution in [2.24, 2.45) is 0 Å². The van der Waals surface area contributed by atoms with Gasteiger partial charge in [0.1, 0.15) is 5.82 Å². The van der Waals surface area contributed by atoms with Crippen molar-refractivity contribution in [3.8, 4) is 0 Å². The molecule has 1 aliphatic rings. The minimum absolute atomic E-state index is 0.130. The van der Waals surface area contributed by atoms with Crippen LogP contribution in [0.15, 0.2) is 36.4 Å². The summed E-state index contributed by atoms with van der Waals surface area (Å²) in [5.74, 6) is 0.540. The fourth-order valence-electron chi connectivity index (χ4n) is 2.89. The molecule has 5 heteroatoms. The van der Waals surface area contributed by atoms with Crippen molar-refractivity contribution in [3.05, 3.63) is 53.2 Å². The van der Waals surface area contributed by atoms with Gasteiger partial charge in [0.05, 0.1) is 0 Å². The molecule has 120 valence electrons. The molecule has 0 radical (unpaired) electrons. The summed E-state index contributed by atoms with van der Waals surface area (Å²) < 4.78 is 0. The highest BCUT2D eigenvalue weighted by Crippen LogP contribution is 2.18. The van der Waals surface area contributed by atoms with Crippen LogP contribution in [0.2, 0.25) is 0 Å². The molecule has 1 aliphatic carbocycles. The summed E-state index contributed by atoms with van der Waals surface area (Å²) in [5, 5.41) is 14.4. The van der Waals surface area contributed by atoms with Gasteiger partial charge in [0.15, 0.2) is 5.69 Å². The van der Waals surface area contributed by atoms with Crippen molar-refractivity contribution in [2.75, 3.05) is 5.32 Å². The third-order valence-corrected chi connectivity index (χ3v) is 4.14. The van der Waals surface area contributed by atoms with Gasteiger partial charge < -0.3 is 10.6 Å². The maximum atomic E-state index is 12.1. The third-order valence-electron chi connectivity index (χ3n) is 4.14. The lowest BCUT2D eigenvalue weighted by Crippen LogP contribution is -2.33. The maximum Gasteiger partial charge on any atom is 0.272 e. The number of rotatable bonds is 5. The van der Waals surface area contributed by atoms with Gasteiger partial charge in [0.2, 0.25) is 0 Å². The SMILES string of the molecule is Cc1cccc(CNc2ccc(C(=O)NC3CCCC3)nn2)c1. The zero-order chi connectivity index (χ0) is 16.1. The average molecular weight is 310 g/mol. The first-order valence-corrected chi connectivity index (χ1v) is 8.15. The van der Waals surface area contributed by atoms with Gasteiger partial charge in [0, 0.05) is 12.6 Å². The molecule has 0 unspecified atom stereocenters. The molecule has 23 heavy (non-hydrogen) atoms. The number of anilines is 1. The molecule has 1 aromatic carbocycles. The van der Waals surface area contributed by atoms with Gasteiger partial charge in [-0.1, -0.05) is 42.7 Å². The Morgan fingerprint density at radius 2 is 2.00 bits per heavy atom. The van der Waals surface area contributed by atoms with Gasteiger partial charge in [-0.15, -0.1) is 10.2 Å². The number of carbonyl (C=O) groups excluding carboxylic acids is 1. The van der Waals surface area contributed by atoms with E-state index in [1.54, 1.807) is 12.1 Å². The second kappa shape index (κ2) is 7.22. The predicted octanol–water partition coefficient (Wildman–Crippen LogP) is 3.07. The summed E-state index contributed by atoms with van der Waals surface area (Å²) in [6, 6.07) is 12.1. The second-order valence-electron chi connectivity index (χ2n) is 6.10. The Kier molecular flexibility index (Phi) is 4.86. The number of hydrogen-bond acceptors (Lipinski definition) is 4. The van der Waals surface area contributed by atoms with Gasteiger partial charge in [0.25, 0.3) is 5.91 Å². The average Bonchev–Trinajstić information content (AvgIpc) is 3.06. The zero-order valence-electron chi connectivity index (χ0n) is 13.4. The summed E-state index contributed by atoms with van der Waals surface area (Å²) in [4.78, 5) is 12.1. The van der Waals surface area contributed by atoms with Crippen LogP contribution < -0.4 is 10.6 Å². The normalized spacial score (nSPS) is 14.7. The van der Waals surface area contributed by atoms with Crippen molar-refractivity contribution in [1.82, 2.24) is 15.5 Å². The van der Waals surface area contributed by atoms with Crippen LogP contribution >= 0.6 is 0 Å². The Hall–Kier alpha value is -2.43. The number of nitrogens with one attached hydrogen (secondary N) is 2. The molecule has 0 atom stereocenters. The van der Waals surface area contributed by atoms with Crippen molar-refractivity contribution in [2.45, 2.75) is 45.2 Å². The molecule has 1 heterocycles. The van der Waals surface area contributed by atoms with Crippen molar-refractivity contribution in [3.63, 3.8) is 0 Å². The lowest BCUT2D eigenvalue weighted by Gasteiger charge is -2.11. The molecular weight excluding hydrogens is 288 g/mol. The number of aromatic nitrogens is 2. The Labute approximate surface area is 136 Å². The molecule has 5 nitrogen and oxygen atoms in total. The topological polar surface area (TPSA) is 66.9 Å². The van der Waals surface area contributed by atoms with Crippen LogP contribution in [-0.2, 0) is 6.54 Å². The largest absolute Gasteiger partial charge is 0.365 e. The van der Waals surface area contributed by atoms with E-state index in [-0.39, 0.29) is 5.91 Å². The fourth-order valence-corrected chi connectivity index (χ4v) is 2.89. The molecular formula is C18H22N4O. The van der Waals surface area contributed by atoms with Crippen molar-refractivity contribution < 1.29 is 4.79 Å². The number of aryl methyl sites for hydroxylation is 1. The standard InChI is InChI=1S/C18H22N4O/c1-13-5-4-6-14(11-13)12-19-17-10-9-16(21-22-17)18(23)20-15-7-2-3-8-15/h4-6,9-11,15H,2-3,7-8,12H2,1H3,(H,19,22)(H,20,23). The van der Waals surface area contributed by atoms with Gasteiger partial charge in [-0.2, -0.15) is 0 Å². The van der Waals surface area contributed by atoms with E-state index < -0.39 is 0 Å². The van der Waals surface area contributed by atoms with Crippen LogP contribution in [0.3, 0.4) is 0 Å². The Bertz CT molecular complexity index is 663. The number of amides is 1. The van der Waals surface area contributed by atoms with E-state index in [1.807, 2.05) is 6.07 Å². The maximum absolute atomic E-state index is 12.1. The van der Waals surface area contributed by atoms with Gasteiger partial charge >= 0.3 is 0 Å². The summed E-state index contributed by atoms with van der Waals surface area (Å²) >= 11 is 0. The van der Waals surface area contributed by atoms with E-state index in [0.29, 0.717) is 24.1 Å². The minimum atomic E-state index is -0.130. The van der Waals surface area contributed by atoms with E-state index in [1.165, 1.54) is 24.0 Å². The summed E-state index contributed by atoms with van der Waals surface area (Å²) in [6.45, 7) is 2.75. The van der Waals surface area contributed by atoms with Crippen molar-refractivity contribution in [1.29, 1.82) is 0 Å². The number of hydrogen-bond donors (Lipinski definition) is 2. The third kappa shape index (κ3) is 4.28. The second-order valence-corrected chi connectivity index (χ2v) is 6.10. The Balaban J connectivity index is 1.55. The molecule has 2 N–H and O–H groups in total. The molecule has 2 aromatic rings. The highest BCUT2D eigenvalue weighted by Gasteiger charge is 2.18. The molecule has 1 aromatic heterocycles. The highest BCUT2D eigenvalue weighted by molar-refractivity contribution is 5.92. The minimum Gasteiger partial charge on any atom is -0.365 e. The summed E-state index contributed by atoms with van der Waals surface area (Å²) in [7, 11) is 0. The zero-order valence-corrected chi connectivity index (χ0v) is 13.4. The van der Waals surface area contributed by atoms with E-state index in [9.17, 15) is 4.79 Å². The van der Waals surface area contributed by atoms with Gasteiger partial charge in [-0.05, 0) is 37.5 Å². The molecule has 0 bridgehead atoms. The number of nitrogens with zero attached hydrogens (tertiary/aromatic N) is 2. The van der Waals surface area contributed by atoms with Crippen LogP contribution in [-0.4, -0.2) is 22.1 Å². The molecule has 1 amide bonds. The quantitative estimate of drug-likeness (QED) is 0.890. The van der Waals surface area contributed by atoms with E-state index in [2.05, 4.69) is 46.0 Å². The van der Waals surface area contributed by atoms with E-state index >= 15 is 0 Å². The van der Waals surface area contributed by atoms with Crippen LogP contribution in [0.4, 0.5) is 5.82 Å². The lowest BCUT2D eigenvalue weighted by atomic mass is 10.1. The first-order chi connectivity index (χ1) is 11.2.